The van der Waals surface area contributed by atoms with Gasteiger partial charge in [0, 0.05) is 51.2 Å². The van der Waals surface area contributed by atoms with Crippen LogP contribution < -0.4 is 0 Å². The summed E-state index contributed by atoms with van der Waals surface area (Å²) < 4.78 is 12.0. The quantitative estimate of drug-likeness (QED) is 0.358. The van der Waals surface area contributed by atoms with Crippen molar-refractivity contribution in [2.24, 2.45) is 11.8 Å². The van der Waals surface area contributed by atoms with Gasteiger partial charge in [0.15, 0.2) is 0 Å². The summed E-state index contributed by atoms with van der Waals surface area (Å²) in [7, 11) is 3.37. The third-order valence-electron chi connectivity index (χ3n) is 7.76. The molecule has 5 nitrogen and oxygen atoms in total. The molecule has 2 aliphatic heterocycles. The SMILES string of the molecule is CN1CC[C@H](c2ccc(Cl)cc2)[C@@H](CS(=O)CCO)C1.CN1CC[C@H](c2ccc(Cl)cc2)[C@@H](CSCCO)C1. The van der Waals surface area contributed by atoms with Crippen molar-refractivity contribution in [3.63, 3.8) is 0 Å². The number of nitrogens with zero attached hydrogens (tertiary/aromatic N) is 2. The highest BCUT2D eigenvalue weighted by Crippen LogP contribution is 2.35. The van der Waals surface area contributed by atoms with Crippen molar-refractivity contribution < 1.29 is 14.4 Å². The first-order chi connectivity index (χ1) is 18.8. The Morgan fingerprint density at radius 3 is 1.79 bits per heavy atom. The van der Waals surface area contributed by atoms with Crippen LogP contribution in [0, 0.1) is 11.8 Å². The van der Waals surface area contributed by atoms with E-state index in [0.29, 0.717) is 35.2 Å². The number of aliphatic hydroxyl groups excluding tert-OH is 2. The van der Waals surface area contributed by atoms with Crippen molar-refractivity contribution in [1.82, 2.24) is 9.80 Å². The van der Waals surface area contributed by atoms with Crippen molar-refractivity contribution in [1.29, 1.82) is 0 Å². The van der Waals surface area contributed by atoms with Gasteiger partial charge in [0.2, 0.25) is 0 Å². The summed E-state index contributed by atoms with van der Waals surface area (Å²) in [6.45, 7) is 4.61. The van der Waals surface area contributed by atoms with Crippen LogP contribution in [0.3, 0.4) is 0 Å². The molecule has 5 atom stereocenters. The highest BCUT2D eigenvalue weighted by atomic mass is 35.5. The molecule has 0 aliphatic carbocycles. The molecule has 1 unspecified atom stereocenters. The van der Waals surface area contributed by atoms with Crippen LogP contribution in [0.2, 0.25) is 10.0 Å². The summed E-state index contributed by atoms with van der Waals surface area (Å²) in [5.74, 6) is 5.11. The van der Waals surface area contributed by atoms with Gasteiger partial charge in [-0.15, -0.1) is 0 Å². The van der Waals surface area contributed by atoms with Crippen LogP contribution in [-0.4, -0.2) is 101 Å². The molecule has 2 aromatic carbocycles. The zero-order chi connectivity index (χ0) is 28.2. The van der Waals surface area contributed by atoms with Crippen molar-refractivity contribution in [3.05, 3.63) is 69.7 Å². The van der Waals surface area contributed by atoms with Crippen molar-refractivity contribution >= 4 is 45.8 Å². The molecule has 0 spiro atoms. The highest BCUT2D eigenvalue weighted by molar-refractivity contribution is 7.99. The number of halogens is 2. The van der Waals surface area contributed by atoms with E-state index < -0.39 is 10.8 Å². The number of rotatable bonds is 10. The Morgan fingerprint density at radius 1 is 0.821 bits per heavy atom. The molecule has 218 valence electrons. The van der Waals surface area contributed by atoms with E-state index in [0.717, 1.165) is 54.2 Å². The monoisotopic (exact) mass is 614 g/mol. The molecule has 9 heteroatoms. The van der Waals surface area contributed by atoms with E-state index in [1.807, 2.05) is 36.0 Å². The van der Waals surface area contributed by atoms with Gasteiger partial charge >= 0.3 is 0 Å². The third-order valence-corrected chi connectivity index (χ3v) is 10.8. The predicted molar refractivity (Wildman–Crippen MR) is 169 cm³/mol. The van der Waals surface area contributed by atoms with Gasteiger partial charge < -0.3 is 20.0 Å². The predicted octanol–water partition coefficient (Wildman–Crippen LogP) is 5.22. The number of aliphatic hydroxyl groups is 2. The molecule has 4 rings (SSSR count). The number of hydrogen-bond acceptors (Lipinski definition) is 6. The molecule has 39 heavy (non-hydrogen) atoms. The van der Waals surface area contributed by atoms with E-state index in [2.05, 4.69) is 48.2 Å². The summed E-state index contributed by atoms with van der Waals surface area (Å²) in [5, 5.41) is 19.4. The maximum atomic E-state index is 12.0. The van der Waals surface area contributed by atoms with Crippen molar-refractivity contribution in [2.75, 3.05) is 76.5 Å². The first-order valence-corrected chi connectivity index (χ1v) is 17.2. The molecule has 2 fully saturated rings. The van der Waals surface area contributed by atoms with Gasteiger partial charge in [-0.05, 0) is 105 Å². The zero-order valence-electron chi connectivity index (χ0n) is 23.2. The van der Waals surface area contributed by atoms with Gasteiger partial charge in [0.05, 0.1) is 13.2 Å². The minimum atomic E-state index is -0.934. The summed E-state index contributed by atoms with van der Waals surface area (Å²) in [5.41, 5.74) is 2.69. The third kappa shape index (κ3) is 10.9. The van der Waals surface area contributed by atoms with Gasteiger partial charge in [-0.3, -0.25) is 4.21 Å². The maximum absolute atomic E-state index is 12.0. The molecule has 2 heterocycles. The van der Waals surface area contributed by atoms with Crippen LogP contribution in [0.15, 0.2) is 48.5 Å². The van der Waals surface area contributed by atoms with Crippen LogP contribution in [0.1, 0.15) is 35.8 Å². The lowest BCUT2D eigenvalue weighted by atomic mass is 9.81. The van der Waals surface area contributed by atoms with Crippen LogP contribution in [-0.2, 0) is 10.8 Å². The second-order valence-corrected chi connectivity index (χ2v) is 14.4. The molecule has 0 amide bonds. The smallest absolute Gasteiger partial charge is 0.0546 e. The van der Waals surface area contributed by atoms with Gasteiger partial charge in [0.25, 0.3) is 0 Å². The normalized spacial score (nSPS) is 25.1. The molecule has 0 radical (unpaired) electrons. The van der Waals surface area contributed by atoms with Crippen LogP contribution in [0.5, 0.6) is 0 Å². The van der Waals surface area contributed by atoms with Crippen LogP contribution >= 0.6 is 35.0 Å². The van der Waals surface area contributed by atoms with Gasteiger partial charge in [-0.2, -0.15) is 11.8 Å². The molecule has 2 saturated heterocycles. The van der Waals surface area contributed by atoms with Gasteiger partial charge in [-0.25, -0.2) is 0 Å². The lowest BCUT2D eigenvalue weighted by Gasteiger charge is -2.37. The standard InChI is InChI=1S/C15H22ClNO2S.C15H22ClNOS/c1-17-7-6-15(12-2-4-14(16)5-3-12)13(10-17)11-20(19)9-8-18;1-17-7-6-15(12-2-4-14(16)5-3-12)13(10-17)11-19-9-8-18/h2-5,13,15,18H,6-11H2,1H3;2-5,13,15,18H,6-11H2,1H3/t13-,15-,20?;13-,15-/m11/s1. The molecule has 2 aliphatic rings. The van der Waals surface area contributed by atoms with Gasteiger partial charge in [-0.1, -0.05) is 47.5 Å². The highest BCUT2D eigenvalue weighted by Gasteiger charge is 2.30. The molecule has 0 aromatic heterocycles. The lowest BCUT2D eigenvalue weighted by Crippen LogP contribution is -2.39. The first kappa shape index (κ1) is 32.9. The molecule has 0 bridgehead atoms. The zero-order valence-corrected chi connectivity index (χ0v) is 26.3. The van der Waals surface area contributed by atoms with Crippen LogP contribution in [0.4, 0.5) is 0 Å². The average molecular weight is 616 g/mol. The Labute approximate surface area is 251 Å². The summed E-state index contributed by atoms with van der Waals surface area (Å²) >= 11 is 13.8. The molecule has 0 saturated carbocycles. The first-order valence-electron chi connectivity index (χ1n) is 13.8. The summed E-state index contributed by atoms with van der Waals surface area (Å²) in [6.07, 6.45) is 2.29. The number of thioether (sulfide) groups is 1. The molecule has 2 aromatic rings. The van der Waals surface area contributed by atoms with E-state index in [-0.39, 0.29) is 13.2 Å². The fourth-order valence-electron chi connectivity index (χ4n) is 5.79. The molecule has 2 N–H and O–H groups in total. The summed E-state index contributed by atoms with van der Waals surface area (Å²) in [4.78, 5) is 4.71. The number of benzene rings is 2. The Hall–Kier alpha value is -0.640. The number of likely N-dealkylation sites (tertiary alicyclic amines) is 2. The Balaban J connectivity index is 0.000000216. The number of hydrogen-bond donors (Lipinski definition) is 2. The van der Waals surface area contributed by atoms with E-state index in [1.54, 1.807) is 0 Å². The average Bonchev–Trinajstić information content (AvgIpc) is 2.91. The van der Waals surface area contributed by atoms with E-state index >= 15 is 0 Å². The van der Waals surface area contributed by atoms with Crippen molar-refractivity contribution in [2.45, 2.75) is 24.7 Å². The maximum Gasteiger partial charge on any atom is 0.0546 e. The topological polar surface area (TPSA) is 64.0 Å². The van der Waals surface area contributed by atoms with Gasteiger partial charge in [0.1, 0.15) is 0 Å². The Kier molecular flexibility index (Phi) is 14.6. The molecular weight excluding hydrogens is 571 g/mol. The Bertz CT molecular complexity index is 997. The number of piperidine rings is 2. The lowest BCUT2D eigenvalue weighted by molar-refractivity contribution is 0.198. The second-order valence-electron chi connectivity index (χ2n) is 10.8. The summed E-state index contributed by atoms with van der Waals surface area (Å²) in [6, 6.07) is 16.3. The largest absolute Gasteiger partial charge is 0.396 e. The van der Waals surface area contributed by atoms with Crippen molar-refractivity contribution in [3.8, 4) is 0 Å². The van der Waals surface area contributed by atoms with E-state index in [9.17, 15) is 4.21 Å². The van der Waals surface area contributed by atoms with Crippen LogP contribution in [0.25, 0.3) is 0 Å². The fraction of sp³-hybridized carbons (Fsp3) is 0.600. The van der Waals surface area contributed by atoms with E-state index in [4.69, 9.17) is 33.4 Å². The fourth-order valence-corrected chi connectivity index (χ4v) is 8.16. The Morgan fingerprint density at radius 2 is 1.31 bits per heavy atom. The van der Waals surface area contributed by atoms with E-state index in [1.165, 1.54) is 17.5 Å². The molecular formula is C30H44Cl2N2O3S2. The minimum Gasteiger partial charge on any atom is -0.396 e. The second kappa shape index (κ2) is 17.3. The minimum absolute atomic E-state index is 0.000776.